The number of aromatic nitrogens is 1. The molecule has 0 saturated heterocycles. The lowest BCUT2D eigenvalue weighted by molar-refractivity contribution is 0.578. The highest BCUT2D eigenvalue weighted by Crippen LogP contribution is 2.32. The topological polar surface area (TPSA) is 93.2 Å². The van der Waals surface area contributed by atoms with E-state index in [0.29, 0.717) is 22.0 Å². The van der Waals surface area contributed by atoms with Crippen LogP contribution in [-0.4, -0.2) is 28.4 Å². The number of hydrogen-bond acceptors (Lipinski definition) is 5. The van der Waals surface area contributed by atoms with Gasteiger partial charge in [-0.25, -0.2) is 21.6 Å². The first-order valence-electron chi connectivity index (χ1n) is 10.1. The van der Waals surface area contributed by atoms with Crippen LogP contribution in [0.25, 0.3) is 0 Å². The summed E-state index contributed by atoms with van der Waals surface area (Å²) in [7, 11) is -7.85. The fourth-order valence-corrected chi connectivity index (χ4v) is 6.87. The zero-order valence-corrected chi connectivity index (χ0v) is 21.3. The van der Waals surface area contributed by atoms with Crippen LogP contribution < -0.4 is 4.72 Å². The van der Waals surface area contributed by atoms with Crippen molar-refractivity contribution in [2.75, 3.05) is 6.54 Å². The molecule has 0 bridgehead atoms. The molecule has 0 amide bonds. The van der Waals surface area contributed by atoms with E-state index in [9.17, 15) is 16.8 Å². The van der Waals surface area contributed by atoms with Crippen LogP contribution >= 0.6 is 15.9 Å². The van der Waals surface area contributed by atoms with Crippen LogP contribution in [0.1, 0.15) is 36.6 Å². The van der Waals surface area contributed by atoms with Crippen molar-refractivity contribution in [1.29, 1.82) is 0 Å². The van der Waals surface area contributed by atoms with Crippen molar-refractivity contribution in [2.24, 2.45) is 0 Å². The Morgan fingerprint density at radius 1 is 0.969 bits per heavy atom. The summed E-state index contributed by atoms with van der Waals surface area (Å²) < 4.78 is 56.2. The minimum atomic E-state index is -3.94. The van der Waals surface area contributed by atoms with Gasteiger partial charge in [0.25, 0.3) is 0 Å². The second-order valence-corrected chi connectivity index (χ2v) is 12.2. The van der Waals surface area contributed by atoms with Gasteiger partial charge in [-0.15, -0.1) is 0 Å². The average Bonchev–Trinajstić information content (AvgIpc) is 2.75. The lowest BCUT2D eigenvalue weighted by Crippen LogP contribution is -2.27. The van der Waals surface area contributed by atoms with Crippen LogP contribution in [0, 0.1) is 6.92 Å². The molecule has 3 rings (SSSR count). The van der Waals surface area contributed by atoms with Crippen molar-refractivity contribution < 1.29 is 16.8 Å². The third kappa shape index (κ3) is 5.28. The van der Waals surface area contributed by atoms with Gasteiger partial charge in [0.05, 0.1) is 14.7 Å². The van der Waals surface area contributed by atoms with Gasteiger partial charge < -0.3 is 0 Å². The Labute approximate surface area is 198 Å². The molecule has 1 N–H and O–H groups in total. The van der Waals surface area contributed by atoms with Crippen molar-refractivity contribution in [3.05, 3.63) is 82.1 Å². The molecule has 0 fully saturated rings. The zero-order valence-electron chi connectivity index (χ0n) is 18.0. The van der Waals surface area contributed by atoms with E-state index in [1.165, 1.54) is 18.2 Å². The SMILES string of the molecule is Cc1c(Br)cccc1S(=O)(=O)c1ccc(C(C)C)c(S(=O)(=O)NCCc2ccccn2)c1. The van der Waals surface area contributed by atoms with Gasteiger partial charge in [0.2, 0.25) is 19.9 Å². The van der Waals surface area contributed by atoms with E-state index < -0.39 is 19.9 Å². The quantitative estimate of drug-likeness (QED) is 0.453. The van der Waals surface area contributed by atoms with Crippen LogP contribution in [-0.2, 0) is 26.3 Å². The fraction of sp³-hybridized carbons (Fsp3) is 0.261. The molecule has 32 heavy (non-hydrogen) atoms. The summed E-state index contributed by atoms with van der Waals surface area (Å²) in [5.41, 5.74) is 1.89. The van der Waals surface area contributed by atoms with Crippen molar-refractivity contribution in [2.45, 2.75) is 47.8 Å². The standard InChI is InChI=1S/C23H25BrN2O4S2/c1-16(2)20-11-10-19(31(27,28)22-9-6-8-21(24)17(22)3)15-23(20)32(29,30)26-14-12-18-7-4-5-13-25-18/h4-11,13,15-16,26H,12,14H2,1-3H3. The van der Waals surface area contributed by atoms with E-state index in [1.807, 2.05) is 26.0 Å². The van der Waals surface area contributed by atoms with E-state index in [4.69, 9.17) is 0 Å². The molecule has 0 saturated carbocycles. The Hall–Kier alpha value is -2.07. The van der Waals surface area contributed by atoms with E-state index in [1.54, 1.807) is 37.4 Å². The van der Waals surface area contributed by atoms with Gasteiger partial charge in [-0.05, 0) is 60.4 Å². The maximum absolute atomic E-state index is 13.3. The summed E-state index contributed by atoms with van der Waals surface area (Å²) in [6, 6.07) is 14.7. The molecule has 0 radical (unpaired) electrons. The predicted octanol–water partition coefficient (Wildman–Crippen LogP) is 4.63. The maximum Gasteiger partial charge on any atom is 0.240 e. The first-order valence-corrected chi connectivity index (χ1v) is 13.8. The second-order valence-electron chi connectivity index (χ2n) is 7.69. The lowest BCUT2D eigenvalue weighted by Gasteiger charge is -2.16. The normalized spacial score (nSPS) is 12.3. The average molecular weight is 538 g/mol. The molecule has 2 aromatic carbocycles. The van der Waals surface area contributed by atoms with Crippen molar-refractivity contribution >= 4 is 35.8 Å². The maximum atomic E-state index is 13.3. The molecule has 0 aliphatic carbocycles. The molecule has 0 aliphatic heterocycles. The minimum absolute atomic E-state index is 0.0257. The third-order valence-electron chi connectivity index (χ3n) is 5.11. The zero-order chi connectivity index (χ0) is 23.5. The number of sulfone groups is 1. The molecule has 170 valence electrons. The Morgan fingerprint density at radius 2 is 1.72 bits per heavy atom. The molecular formula is C23H25BrN2O4S2. The summed E-state index contributed by atoms with van der Waals surface area (Å²) in [5.74, 6) is -0.110. The molecule has 0 atom stereocenters. The van der Waals surface area contributed by atoms with E-state index in [2.05, 4.69) is 25.6 Å². The number of benzene rings is 2. The molecule has 0 spiro atoms. The number of hydrogen-bond donors (Lipinski definition) is 1. The van der Waals surface area contributed by atoms with E-state index >= 15 is 0 Å². The lowest BCUT2D eigenvalue weighted by atomic mass is 10.0. The number of rotatable bonds is 8. The highest BCUT2D eigenvalue weighted by atomic mass is 79.9. The van der Waals surface area contributed by atoms with Crippen LogP contribution in [0.2, 0.25) is 0 Å². The molecule has 9 heteroatoms. The first kappa shape index (κ1) is 24.6. The Bertz CT molecular complexity index is 1320. The molecular weight excluding hydrogens is 512 g/mol. The van der Waals surface area contributed by atoms with Crippen molar-refractivity contribution in [3.8, 4) is 0 Å². The Balaban J connectivity index is 1.99. The van der Waals surface area contributed by atoms with E-state index in [0.717, 1.165) is 5.69 Å². The fourth-order valence-electron chi connectivity index (χ4n) is 3.33. The second kappa shape index (κ2) is 9.82. The largest absolute Gasteiger partial charge is 0.261 e. The number of sulfonamides is 1. The summed E-state index contributed by atoms with van der Waals surface area (Å²) in [6.07, 6.45) is 2.07. The molecule has 0 unspecified atom stereocenters. The van der Waals surface area contributed by atoms with Gasteiger partial charge >= 0.3 is 0 Å². The van der Waals surface area contributed by atoms with Gasteiger partial charge in [0, 0.05) is 29.3 Å². The smallest absolute Gasteiger partial charge is 0.240 e. The highest BCUT2D eigenvalue weighted by Gasteiger charge is 2.26. The van der Waals surface area contributed by atoms with Crippen LogP contribution in [0.3, 0.4) is 0 Å². The van der Waals surface area contributed by atoms with Gasteiger partial charge in [-0.3, -0.25) is 4.98 Å². The summed E-state index contributed by atoms with van der Waals surface area (Å²) in [4.78, 5) is 4.24. The summed E-state index contributed by atoms with van der Waals surface area (Å²) >= 11 is 3.36. The monoisotopic (exact) mass is 536 g/mol. The van der Waals surface area contributed by atoms with Gasteiger partial charge in [-0.2, -0.15) is 0 Å². The highest BCUT2D eigenvalue weighted by molar-refractivity contribution is 9.10. The summed E-state index contributed by atoms with van der Waals surface area (Å²) in [6.45, 7) is 5.60. The van der Waals surface area contributed by atoms with Gasteiger partial charge in [0.15, 0.2) is 0 Å². The molecule has 1 heterocycles. The van der Waals surface area contributed by atoms with E-state index in [-0.39, 0.29) is 27.1 Å². The molecule has 6 nitrogen and oxygen atoms in total. The predicted molar refractivity (Wildman–Crippen MR) is 128 cm³/mol. The number of halogens is 1. The van der Waals surface area contributed by atoms with Crippen LogP contribution in [0.5, 0.6) is 0 Å². The van der Waals surface area contributed by atoms with Gasteiger partial charge in [-0.1, -0.05) is 48.0 Å². The number of nitrogens with one attached hydrogen (secondary N) is 1. The summed E-state index contributed by atoms with van der Waals surface area (Å²) in [5, 5.41) is 0. The first-order chi connectivity index (χ1) is 15.0. The number of pyridine rings is 1. The molecule has 1 aromatic heterocycles. The third-order valence-corrected chi connectivity index (χ3v) is 9.39. The minimum Gasteiger partial charge on any atom is -0.261 e. The van der Waals surface area contributed by atoms with Crippen molar-refractivity contribution in [1.82, 2.24) is 9.71 Å². The molecule has 3 aromatic rings. The number of nitrogens with zero attached hydrogens (tertiary/aromatic N) is 1. The Morgan fingerprint density at radius 3 is 2.38 bits per heavy atom. The van der Waals surface area contributed by atoms with Crippen LogP contribution in [0.15, 0.2) is 80.0 Å². The van der Waals surface area contributed by atoms with Crippen LogP contribution in [0.4, 0.5) is 0 Å². The molecule has 0 aliphatic rings. The van der Waals surface area contributed by atoms with Crippen molar-refractivity contribution in [3.63, 3.8) is 0 Å². The Kier molecular flexibility index (Phi) is 7.54. The van der Waals surface area contributed by atoms with Gasteiger partial charge in [0.1, 0.15) is 0 Å².